The minimum atomic E-state index is 0. The van der Waals surface area contributed by atoms with Gasteiger partial charge in [0.1, 0.15) is 5.69 Å². The van der Waals surface area contributed by atoms with Crippen LogP contribution >= 0.6 is 0 Å². The Morgan fingerprint density at radius 3 is 2.43 bits per heavy atom. The number of aromatic hydroxyl groups is 1. The van der Waals surface area contributed by atoms with Crippen molar-refractivity contribution in [1.82, 2.24) is 15.4 Å². The average Bonchev–Trinajstić information content (AvgIpc) is 2.20. The predicted octanol–water partition coefficient (Wildman–Crippen LogP) is 0.863. The van der Waals surface area contributed by atoms with Crippen molar-refractivity contribution in [2.75, 3.05) is 0 Å². The molecule has 4 radical (unpaired) electrons. The maximum absolute atomic E-state index is 9.40. The molecule has 5 heteroatoms. The zero-order chi connectivity index (χ0) is 9.10. The molecule has 0 saturated heterocycles. The smallest absolute Gasteiger partial charge is 0.164 e. The molecule has 14 heavy (non-hydrogen) atoms. The van der Waals surface area contributed by atoms with E-state index in [1.165, 1.54) is 6.20 Å². The summed E-state index contributed by atoms with van der Waals surface area (Å²) in [5.41, 5.74) is 1.28. The molecule has 1 aromatic carbocycles. The van der Waals surface area contributed by atoms with E-state index < -0.39 is 0 Å². The van der Waals surface area contributed by atoms with Crippen molar-refractivity contribution in [2.45, 2.75) is 0 Å². The Labute approximate surface area is 98.0 Å². The molecule has 0 amide bonds. The molecule has 0 saturated carbocycles. The summed E-state index contributed by atoms with van der Waals surface area (Å²) in [4.78, 5) is 0. The van der Waals surface area contributed by atoms with Crippen LogP contribution in [-0.2, 0) is 0 Å². The molecule has 0 bridgehead atoms. The summed E-state index contributed by atoms with van der Waals surface area (Å²) in [6.45, 7) is 0. The Morgan fingerprint density at radius 2 is 1.79 bits per heavy atom. The minimum absolute atomic E-state index is 0. The Morgan fingerprint density at radius 1 is 1.07 bits per heavy atom. The maximum atomic E-state index is 9.40. The summed E-state index contributed by atoms with van der Waals surface area (Å²) in [7, 11) is 0. The van der Waals surface area contributed by atoms with Gasteiger partial charge in [0.2, 0.25) is 0 Å². The first-order chi connectivity index (χ1) is 6.38. The third kappa shape index (κ3) is 2.20. The first-order valence-corrected chi connectivity index (χ1v) is 3.80. The second-order valence-electron chi connectivity index (χ2n) is 2.53. The van der Waals surface area contributed by atoms with Gasteiger partial charge >= 0.3 is 0 Å². The number of aromatic nitrogens is 3. The molecule has 4 nitrogen and oxygen atoms in total. The normalized spacial score (nSPS) is 9.14. The van der Waals surface area contributed by atoms with Crippen LogP contribution in [0.4, 0.5) is 0 Å². The molecule has 1 heterocycles. The Hall–Kier alpha value is -1.17. The molecule has 0 atom stereocenters. The van der Waals surface area contributed by atoms with Gasteiger partial charge < -0.3 is 5.11 Å². The van der Waals surface area contributed by atoms with E-state index in [2.05, 4.69) is 15.4 Å². The van der Waals surface area contributed by atoms with Crippen LogP contribution < -0.4 is 0 Å². The molecule has 68 valence electrons. The van der Waals surface area contributed by atoms with Crippen molar-refractivity contribution in [3.8, 4) is 17.0 Å². The topological polar surface area (TPSA) is 58.9 Å². The van der Waals surface area contributed by atoms with Crippen molar-refractivity contribution >= 4 is 23.9 Å². The summed E-state index contributed by atoms with van der Waals surface area (Å²) in [6, 6.07) is 9.34. The van der Waals surface area contributed by atoms with Crippen LogP contribution in [0.15, 0.2) is 36.5 Å². The van der Waals surface area contributed by atoms with Crippen molar-refractivity contribution < 1.29 is 5.11 Å². The molecule has 2 aromatic rings. The molecule has 0 fully saturated rings. The molecule has 1 N–H and O–H groups in total. The van der Waals surface area contributed by atoms with Gasteiger partial charge in [0.15, 0.2) is 5.75 Å². The van der Waals surface area contributed by atoms with Crippen molar-refractivity contribution in [2.24, 2.45) is 0 Å². The second-order valence-corrected chi connectivity index (χ2v) is 2.53. The van der Waals surface area contributed by atoms with Crippen LogP contribution in [0.25, 0.3) is 11.3 Å². The van der Waals surface area contributed by atoms with Crippen LogP contribution in [0.2, 0.25) is 0 Å². The van der Waals surface area contributed by atoms with E-state index in [4.69, 9.17) is 0 Å². The fraction of sp³-hybridized carbons (Fsp3) is 0. The van der Waals surface area contributed by atoms with E-state index in [0.29, 0.717) is 5.69 Å². The number of rotatable bonds is 1. The maximum Gasteiger partial charge on any atom is 0.164 e. The first kappa shape index (κ1) is 10.9. The van der Waals surface area contributed by atoms with Gasteiger partial charge in [0.25, 0.3) is 0 Å². The number of nitrogens with zero attached hydrogens (tertiary/aromatic N) is 3. The van der Waals surface area contributed by atoms with Gasteiger partial charge in [-0.05, 0) is 5.21 Å². The number of hydrogen-bond donors (Lipinski definition) is 1. The zero-order valence-electron chi connectivity index (χ0n) is 7.25. The molecule has 0 aliphatic carbocycles. The van der Waals surface area contributed by atoms with Gasteiger partial charge in [0.05, 0.1) is 6.20 Å². The first-order valence-electron chi connectivity index (χ1n) is 3.80. The SMILES string of the molecule is Oc1cnnnc1-c1ccccc1.[Sn]. The number of benzene rings is 1. The fourth-order valence-electron chi connectivity index (χ4n) is 1.07. The van der Waals surface area contributed by atoms with Crippen LogP contribution in [0.5, 0.6) is 5.75 Å². The molecule has 2 rings (SSSR count). The van der Waals surface area contributed by atoms with Gasteiger partial charge in [0, 0.05) is 29.5 Å². The van der Waals surface area contributed by atoms with E-state index in [1.54, 1.807) is 0 Å². The Balaban J connectivity index is 0.000000980. The van der Waals surface area contributed by atoms with E-state index in [0.717, 1.165) is 5.56 Å². The largest absolute Gasteiger partial charge is 0.504 e. The zero-order valence-corrected chi connectivity index (χ0v) is 10.1. The molecule has 0 aliphatic heterocycles. The summed E-state index contributed by atoms with van der Waals surface area (Å²) < 4.78 is 0. The summed E-state index contributed by atoms with van der Waals surface area (Å²) in [5, 5.41) is 20.1. The third-order valence-electron chi connectivity index (χ3n) is 1.67. The molecular weight excluding hydrogens is 285 g/mol. The van der Waals surface area contributed by atoms with Crippen LogP contribution in [-0.4, -0.2) is 44.4 Å². The summed E-state index contributed by atoms with van der Waals surface area (Å²) in [6.07, 6.45) is 1.27. The van der Waals surface area contributed by atoms with E-state index in [-0.39, 0.29) is 29.7 Å². The summed E-state index contributed by atoms with van der Waals surface area (Å²) in [5.74, 6) is 0.0428. The third-order valence-corrected chi connectivity index (χ3v) is 1.67. The predicted molar refractivity (Wildman–Crippen MR) is 52.7 cm³/mol. The van der Waals surface area contributed by atoms with Gasteiger partial charge in [-0.2, -0.15) is 0 Å². The monoisotopic (exact) mass is 293 g/mol. The Bertz CT molecular complexity index is 408. The van der Waals surface area contributed by atoms with E-state index in [9.17, 15) is 5.11 Å². The quantitative estimate of drug-likeness (QED) is 0.792. The molecule has 1 aromatic heterocycles. The van der Waals surface area contributed by atoms with Gasteiger partial charge in [-0.3, -0.25) is 0 Å². The summed E-state index contributed by atoms with van der Waals surface area (Å²) >= 11 is 0. The molecule has 0 unspecified atom stereocenters. The standard InChI is InChI=1S/C9H7N3O.Sn/c13-8-6-10-12-11-9(8)7-4-2-1-3-5-7;/h1-6H,(H,12,13);. The fourth-order valence-corrected chi connectivity index (χ4v) is 1.07. The van der Waals surface area contributed by atoms with Gasteiger partial charge in [-0.1, -0.05) is 30.3 Å². The molecular formula is C9H7N3OSn. The number of hydrogen-bond acceptors (Lipinski definition) is 4. The molecule has 0 aliphatic rings. The van der Waals surface area contributed by atoms with Crippen molar-refractivity contribution in [3.63, 3.8) is 0 Å². The molecule has 0 spiro atoms. The van der Waals surface area contributed by atoms with Crippen LogP contribution in [0.3, 0.4) is 0 Å². The minimum Gasteiger partial charge on any atom is -0.504 e. The van der Waals surface area contributed by atoms with Crippen molar-refractivity contribution in [1.29, 1.82) is 0 Å². The Kier molecular flexibility index (Phi) is 3.82. The van der Waals surface area contributed by atoms with Gasteiger partial charge in [-0.25, -0.2) is 0 Å². The van der Waals surface area contributed by atoms with E-state index in [1.807, 2.05) is 30.3 Å². The van der Waals surface area contributed by atoms with Crippen LogP contribution in [0.1, 0.15) is 0 Å². The average molecular weight is 292 g/mol. The van der Waals surface area contributed by atoms with E-state index >= 15 is 0 Å². The van der Waals surface area contributed by atoms with Gasteiger partial charge in [-0.15, -0.1) is 10.2 Å². The van der Waals surface area contributed by atoms with Crippen molar-refractivity contribution in [3.05, 3.63) is 36.5 Å². The second kappa shape index (κ2) is 4.90. The van der Waals surface area contributed by atoms with Crippen LogP contribution in [0, 0.1) is 0 Å².